The van der Waals surface area contributed by atoms with Crippen molar-refractivity contribution in [3.63, 3.8) is 0 Å². The molecule has 4 rings (SSSR count). The van der Waals surface area contributed by atoms with Gasteiger partial charge in [-0.15, -0.1) is 0 Å². The van der Waals surface area contributed by atoms with E-state index in [1.165, 1.54) is 24.8 Å². The van der Waals surface area contributed by atoms with Crippen molar-refractivity contribution in [2.45, 2.75) is 18.7 Å². The number of oxazole rings is 1. The van der Waals surface area contributed by atoms with Crippen LogP contribution in [0.1, 0.15) is 11.1 Å². The average Bonchev–Trinajstić information content (AvgIpc) is 3.24. The first-order chi connectivity index (χ1) is 15.3. The molecule has 0 aliphatic rings. The van der Waals surface area contributed by atoms with Crippen LogP contribution in [0.15, 0.2) is 76.2 Å². The SMILES string of the molecule is COc1ccc(Cl)cc1S(=O)(=O)Nc1ccc(-c2nc(-c3ccc(C)cc3C)co2)cc1. The molecule has 3 aromatic carbocycles. The summed E-state index contributed by atoms with van der Waals surface area (Å²) in [4.78, 5) is 4.55. The number of hydrogen-bond acceptors (Lipinski definition) is 5. The van der Waals surface area contributed by atoms with Crippen molar-refractivity contribution >= 4 is 27.3 Å². The fourth-order valence-electron chi connectivity index (χ4n) is 3.38. The summed E-state index contributed by atoms with van der Waals surface area (Å²) < 4.78 is 39.0. The third kappa shape index (κ3) is 4.49. The molecule has 32 heavy (non-hydrogen) atoms. The first-order valence-electron chi connectivity index (χ1n) is 9.77. The molecule has 0 spiro atoms. The molecule has 0 unspecified atom stereocenters. The number of hydrogen-bond donors (Lipinski definition) is 1. The van der Waals surface area contributed by atoms with Gasteiger partial charge in [0.15, 0.2) is 0 Å². The summed E-state index contributed by atoms with van der Waals surface area (Å²) in [6.07, 6.45) is 1.62. The highest BCUT2D eigenvalue weighted by Crippen LogP contribution is 2.30. The molecular formula is C24H21ClN2O4S. The van der Waals surface area contributed by atoms with Crippen molar-refractivity contribution < 1.29 is 17.6 Å². The van der Waals surface area contributed by atoms with Crippen LogP contribution in [-0.2, 0) is 10.0 Å². The topological polar surface area (TPSA) is 81.4 Å². The monoisotopic (exact) mass is 468 g/mol. The average molecular weight is 469 g/mol. The molecule has 164 valence electrons. The molecule has 0 saturated carbocycles. The highest BCUT2D eigenvalue weighted by atomic mass is 35.5. The summed E-state index contributed by atoms with van der Waals surface area (Å²) in [5.74, 6) is 0.656. The van der Waals surface area contributed by atoms with Crippen molar-refractivity contribution in [2.75, 3.05) is 11.8 Å². The van der Waals surface area contributed by atoms with E-state index in [2.05, 4.69) is 15.8 Å². The van der Waals surface area contributed by atoms with Gasteiger partial charge in [-0.3, -0.25) is 4.72 Å². The Kier molecular flexibility index (Phi) is 5.95. The normalized spacial score (nSPS) is 11.4. The van der Waals surface area contributed by atoms with Crippen LogP contribution in [0.5, 0.6) is 5.75 Å². The molecule has 0 aliphatic carbocycles. The van der Waals surface area contributed by atoms with Crippen LogP contribution >= 0.6 is 11.6 Å². The number of nitrogens with zero attached hydrogens (tertiary/aromatic N) is 1. The van der Waals surface area contributed by atoms with Crippen LogP contribution < -0.4 is 9.46 Å². The fraction of sp³-hybridized carbons (Fsp3) is 0.125. The Bertz CT molecular complexity index is 1380. The maximum Gasteiger partial charge on any atom is 0.265 e. The lowest BCUT2D eigenvalue weighted by molar-refractivity contribution is 0.403. The van der Waals surface area contributed by atoms with E-state index in [0.29, 0.717) is 16.6 Å². The zero-order chi connectivity index (χ0) is 22.9. The minimum absolute atomic E-state index is 0.0395. The summed E-state index contributed by atoms with van der Waals surface area (Å²) in [5, 5.41) is 0.296. The van der Waals surface area contributed by atoms with Gasteiger partial charge >= 0.3 is 0 Å². The van der Waals surface area contributed by atoms with Gasteiger partial charge in [-0.1, -0.05) is 35.4 Å². The molecule has 0 bridgehead atoms. The van der Waals surface area contributed by atoms with Gasteiger partial charge in [0.05, 0.1) is 7.11 Å². The van der Waals surface area contributed by atoms with E-state index in [9.17, 15) is 8.42 Å². The Labute approximate surface area is 191 Å². The van der Waals surface area contributed by atoms with Crippen molar-refractivity contribution in [1.29, 1.82) is 0 Å². The van der Waals surface area contributed by atoms with Crippen LogP contribution in [0.3, 0.4) is 0 Å². The standard InChI is InChI=1S/C24H21ClN2O4S/c1-15-4-10-20(16(2)12-15)21-14-31-24(26-21)17-5-8-19(9-6-17)27-32(28,29)23-13-18(25)7-11-22(23)30-3/h4-14,27H,1-3H3. The molecule has 0 fully saturated rings. The summed E-state index contributed by atoms with van der Waals surface area (Å²) in [5.41, 5.74) is 5.16. The lowest BCUT2D eigenvalue weighted by Crippen LogP contribution is -2.14. The Hall–Kier alpha value is -3.29. The van der Waals surface area contributed by atoms with Crippen molar-refractivity contribution in [3.8, 4) is 28.5 Å². The Balaban J connectivity index is 1.57. The summed E-state index contributed by atoms with van der Waals surface area (Å²) in [7, 11) is -2.49. The van der Waals surface area contributed by atoms with E-state index < -0.39 is 10.0 Å². The summed E-state index contributed by atoms with van der Waals surface area (Å²) in [6.45, 7) is 4.08. The molecule has 0 aliphatic heterocycles. The predicted octanol–water partition coefficient (Wildman–Crippen LogP) is 6.09. The molecule has 0 amide bonds. The first-order valence-corrected chi connectivity index (χ1v) is 11.6. The lowest BCUT2D eigenvalue weighted by atomic mass is 10.0. The number of nitrogens with one attached hydrogen (secondary N) is 1. The summed E-state index contributed by atoms with van der Waals surface area (Å²) in [6, 6.07) is 17.3. The molecule has 1 N–H and O–H groups in total. The Morgan fingerprint density at radius 1 is 1.00 bits per heavy atom. The molecule has 1 heterocycles. The lowest BCUT2D eigenvalue weighted by Gasteiger charge is -2.12. The molecule has 0 atom stereocenters. The van der Waals surface area contributed by atoms with Crippen LogP contribution in [0.2, 0.25) is 5.02 Å². The van der Waals surface area contributed by atoms with E-state index in [1.54, 1.807) is 36.6 Å². The second kappa shape index (κ2) is 8.68. The first kappa shape index (κ1) is 21.9. The number of aryl methyl sites for hydroxylation is 2. The molecule has 0 saturated heterocycles. The number of rotatable bonds is 6. The van der Waals surface area contributed by atoms with Gasteiger partial charge in [0.1, 0.15) is 22.6 Å². The number of anilines is 1. The van der Waals surface area contributed by atoms with E-state index in [4.69, 9.17) is 20.8 Å². The number of benzene rings is 3. The molecule has 6 nitrogen and oxygen atoms in total. The van der Waals surface area contributed by atoms with Crippen LogP contribution in [0.4, 0.5) is 5.69 Å². The number of methoxy groups -OCH3 is 1. The Morgan fingerprint density at radius 2 is 1.75 bits per heavy atom. The zero-order valence-corrected chi connectivity index (χ0v) is 19.3. The quantitative estimate of drug-likeness (QED) is 0.370. The zero-order valence-electron chi connectivity index (χ0n) is 17.7. The predicted molar refractivity (Wildman–Crippen MR) is 126 cm³/mol. The van der Waals surface area contributed by atoms with Gasteiger partial charge in [-0.05, 0) is 61.9 Å². The van der Waals surface area contributed by atoms with Crippen LogP contribution in [0, 0.1) is 13.8 Å². The number of sulfonamides is 1. The van der Waals surface area contributed by atoms with Crippen LogP contribution in [0.25, 0.3) is 22.7 Å². The second-order valence-corrected chi connectivity index (χ2v) is 9.42. The number of halogens is 1. The van der Waals surface area contributed by atoms with Gasteiger partial charge in [-0.2, -0.15) is 0 Å². The van der Waals surface area contributed by atoms with Gasteiger partial charge in [0, 0.05) is 21.8 Å². The number of ether oxygens (including phenoxy) is 1. The van der Waals surface area contributed by atoms with Gasteiger partial charge in [0.25, 0.3) is 10.0 Å². The largest absolute Gasteiger partial charge is 0.495 e. The van der Waals surface area contributed by atoms with Crippen molar-refractivity contribution in [2.24, 2.45) is 0 Å². The number of aromatic nitrogens is 1. The molecule has 4 aromatic rings. The second-order valence-electron chi connectivity index (χ2n) is 7.33. The molecule has 1 aromatic heterocycles. The van der Waals surface area contributed by atoms with Crippen LogP contribution in [-0.4, -0.2) is 20.5 Å². The van der Waals surface area contributed by atoms with E-state index in [-0.39, 0.29) is 10.6 Å². The molecule has 0 radical (unpaired) electrons. The van der Waals surface area contributed by atoms with Crippen molar-refractivity contribution in [3.05, 3.63) is 83.1 Å². The molecule has 8 heteroatoms. The van der Waals surface area contributed by atoms with Gasteiger partial charge < -0.3 is 9.15 Å². The van der Waals surface area contributed by atoms with Crippen molar-refractivity contribution in [1.82, 2.24) is 4.98 Å². The van der Waals surface area contributed by atoms with E-state index in [0.717, 1.165) is 22.4 Å². The minimum atomic E-state index is -3.89. The highest BCUT2D eigenvalue weighted by molar-refractivity contribution is 7.92. The minimum Gasteiger partial charge on any atom is -0.495 e. The van der Waals surface area contributed by atoms with Gasteiger partial charge in [-0.25, -0.2) is 13.4 Å². The highest BCUT2D eigenvalue weighted by Gasteiger charge is 2.20. The maximum atomic E-state index is 12.8. The smallest absolute Gasteiger partial charge is 0.265 e. The third-order valence-electron chi connectivity index (χ3n) is 4.96. The summed E-state index contributed by atoms with van der Waals surface area (Å²) >= 11 is 5.97. The maximum absolute atomic E-state index is 12.8. The van der Waals surface area contributed by atoms with Gasteiger partial charge in [0.2, 0.25) is 5.89 Å². The van der Waals surface area contributed by atoms with E-state index >= 15 is 0 Å². The molecular weight excluding hydrogens is 448 g/mol. The fourth-order valence-corrected chi connectivity index (χ4v) is 4.87. The van der Waals surface area contributed by atoms with E-state index in [1.807, 2.05) is 26.0 Å². The Morgan fingerprint density at radius 3 is 2.44 bits per heavy atom. The third-order valence-corrected chi connectivity index (χ3v) is 6.60.